The Bertz CT molecular complexity index is 3240. The lowest BCUT2D eigenvalue weighted by Crippen LogP contribution is -2.00. The van der Waals surface area contributed by atoms with Crippen LogP contribution in [-0.4, -0.2) is 15.0 Å². The number of hydrogen-bond donors (Lipinski definition) is 0. The van der Waals surface area contributed by atoms with Crippen LogP contribution in [0, 0.1) is 0 Å². The molecule has 0 unspecified atom stereocenters. The van der Waals surface area contributed by atoms with Crippen LogP contribution in [0.3, 0.4) is 0 Å². The van der Waals surface area contributed by atoms with E-state index in [1.807, 2.05) is 66.7 Å². The summed E-state index contributed by atoms with van der Waals surface area (Å²) in [6.07, 6.45) is 0. The predicted octanol–water partition coefficient (Wildman–Crippen LogP) is 13.7. The molecule has 0 aliphatic rings. The maximum Gasteiger partial charge on any atom is 0.164 e. The molecule has 0 amide bonds. The third kappa shape index (κ3) is 5.37. The van der Waals surface area contributed by atoms with Gasteiger partial charge in [0.05, 0.1) is 0 Å². The molecule has 0 fully saturated rings. The fraction of sp³-hybridized carbons (Fsp3) is 0. The second-order valence-electron chi connectivity index (χ2n) is 13.9. The molecule has 0 saturated heterocycles. The maximum atomic E-state index is 6.85. The van der Waals surface area contributed by atoms with Crippen molar-refractivity contribution in [2.24, 2.45) is 0 Å². The first-order valence-corrected chi connectivity index (χ1v) is 18.7. The normalized spacial score (nSPS) is 11.6. The summed E-state index contributed by atoms with van der Waals surface area (Å²) in [5.41, 5.74) is 12.3. The molecule has 0 radical (unpaired) electrons. The number of aromatic nitrogens is 3. The lowest BCUT2D eigenvalue weighted by molar-refractivity contribution is 0.665. The Balaban J connectivity index is 1.13. The lowest BCUT2D eigenvalue weighted by atomic mass is 9.94. The largest absolute Gasteiger partial charge is 0.455 e. The van der Waals surface area contributed by atoms with E-state index >= 15 is 0 Å². The van der Waals surface area contributed by atoms with Gasteiger partial charge in [0.1, 0.15) is 22.3 Å². The highest BCUT2D eigenvalue weighted by atomic mass is 16.3. The van der Waals surface area contributed by atoms with Crippen LogP contribution in [0.2, 0.25) is 0 Å². The Hall–Kier alpha value is -7.63. The fourth-order valence-corrected chi connectivity index (χ4v) is 7.88. The van der Waals surface area contributed by atoms with E-state index in [0.29, 0.717) is 17.5 Å². The molecule has 5 nitrogen and oxygen atoms in total. The molecule has 0 aliphatic heterocycles. The van der Waals surface area contributed by atoms with Crippen LogP contribution in [0.25, 0.3) is 111 Å². The van der Waals surface area contributed by atoms with Crippen LogP contribution in [0.5, 0.6) is 0 Å². The first kappa shape index (κ1) is 31.9. The average Bonchev–Trinajstić information content (AvgIpc) is 3.86. The zero-order chi connectivity index (χ0) is 37.0. The minimum absolute atomic E-state index is 0.573. The second kappa shape index (κ2) is 13.0. The summed E-state index contributed by atoms with van der Waals surface area (Å²) in [5.74, 6) is 1.77. The molecule has 5 heteroatoms. The summed E-state index contributed by atoms with van der Waals surface area (Å²) in [6, 6.07) is 64.4. The van der Waals surface area contributed by atoms with Crippen LogP contribution in [-0.2, 0) is 0 Å². The van der Waals surface area contributed by atoms with Gasteiger partial charge < -0.3 is 8.83 Å². The molecule has 11 rings (SSSR count). The lowest BCUT2D eigenvalue weighted by Gasteiger charge is -2.10. The summed E-state index contributed by atoms with van der Waals surface area (Å²) in [5, 5.41) is 4.05. The molecule has 0 N–H and O–H groups in total. The molecular formula is C51H31N3O2. The van der Waals surface area contributed by atoms with Gasteiger partial charge in [0.2, 0.25) is 0 Å². The third-order valence-corrected chi connectivity index (χ3v) is 10.5. The van der Waals surface area contributed by atoms with E-state index in [1.165, 1.54) is 0 Å². The SMILES string of the molecule is c1ccc(-c2cccc(-c3nc(-c4ccccc4)nc(-c4cccc5oc6c(-c7cc(-c8ccccc8)cc8c7oc7ccccc78)cccc6c45)n3)c2)cc1. The number of para-hydroxylation sites is 2. The van der Waals surface area contributed by atoms with E-state index in [0.717, 1.165) is 93.9 Å². The molecule has 3 aromatic heterocycles. The molecule has 0 saturated carbocycles. The van der Waals surface area contributed by atoms with Crippen molar-refractivity contribution in [2.75, 3.05) is 0 Å². The highest BCUT2D eigenvalue weighted by Crippen LogP contribution is 2.45. The number of nitrogens with zero attached hydrogens (tertiary/aromatic N) is 3. The molecule has 0 spiro atoms. The summed E-state index contributed by atoms with van der Waals surface area (Å²) in [6.45, 7) is 0. The minimum atomic E-state index is 0.573. The standard InChI is InChI=1S/C51H31N3O2/c1-4-15-32(16-5-1)35-21-12-22-36(29-35)50-52-49(34-19-8-3-9-20-34)53-51(54-50)41-26-14-28-45-46(41)40-25-13-24-39(47(40)56-45)43-31-37(33-17-6-2-7-18-33)30-42-38-23-10-11-27-44(38)55-48(42)43/h1-31H. The monoisotopic (exact) mass is 717 g/mol. The summed E-state index contributed by atoms with van der Waals surface area (Å²) in [4.78, 5) is 15.4. The zero-order valence-corrected chi connectivity index (χ0v) is 30.1. The van der Waals surface area contributed by atoms with Crippen LogP contribution in [0.4, 0.5) is 0 Å². The van der Waals surface area contributed by atoms with Gasteiger partial charge in [-0.15, -0.1) is 0 Å². The topological polar surface area (TPSA) is 65.0 Å². The second-order valence-corrected chi connectivity index (χ2v) is 13.9. The molecule has 8 aromatic carbocycles. The van der Waals surface area contributed by atoms with Crippen molar-refractivity contribution < 1.29 is 8.83 Å². The number of benzene rings is 8. The third-order valence-electron chi connectivity index (χ3n) is 10.5. The van der Waals surface area contributed by atoms with Gasteiger partial charge in [0.15, 0.2) is 17.5 Å². The molecule has 0 bridgehead atoms. The van der Waals surface area contributed by atoms with E-state index in [-0.39, 0.29) is 0 Å². The first-order valence-electron chi connectivity index (χ1n) is 18.7. The van der Waals surface area contributed by atoms with Crippen molar-refractivity contribution in [2.45, 2.75) is 0 Å². The van der Waals surface area contributed by atoms with Gasteiger partial charge in [-0.05, 0) is 52.6 Å². The number of fused-ring (bicyclic) bond motifs is 6. The summed E-state index contributed by atoms with van der Waals surface area (Å²) in [7, 11) is 0. The molecular weight excluding hydrogens is 687 g/mol. The zero-order valence-electron chi connectivity index (χ0n) is 30.1. The van der Waals surface area contributed by atoms with Gasteiger partial charge in [-0.1, -0.05) is 158 Å². The van der Waals surface area contributed by atoms with Gasteiger partial charge in [0.25, 0.3) is 0 Å². The fourth-order valence-electron chi connectivity index (χ4n) is 7.88. The van der Waals surface area contributed by atoms with Crippen molar-refractivity contribution in [1.29, 1.82) is 0 Å². The summed E-state index contributed by atoms with van der Waals surface area (Å²) >= 11 is 0. The molecule has 3 heterocycles. The Labute approximate surface area is 322 Å². The Morgan fingerprint density at radius 3 is 1.59 bits per heavy atom. The Morgan fingerprint density at radius 1 is 0.286 bits per heavy atom. The van der Waals surface area contributed by atoms with E-state index in [1.54, 1.807) is 0 Å². The van der Waals surface area contributed by atoms with E-state index in [2.05, 4.69) is 121 Å². The predicted molar refractivity (Wildman–Crippen MR) is 227 cm³/mol. The van der Waals surface area contributed by atoms with Crippen molar-refractivity contribution >= 4 is 43.9 Å². The molecule has 11 aromatic rings. The van der Waals surface area contributed by atoms with Crippen LogP contribution in [0.1, 0.15) is 0 Å². The van der Waals surface area contributed by atoms with Gasteiger partial charge in [-0.25, -0.2) is 15.0 Å². The smallest absolute Gasteiger partial charge is 0.164 e. The number of hydrogen-bond acceptors (Lipinski definition) is 5. The van der Waals surface area contributed by atoms with Gasteiger partial charge in [-0.2, -0.15) is 0 Å². The molecule has 0 atom stereocenters. The van der Waals surface area contributed by atoms with Crippen molar-refractivity contribution in [3.63, 3.8) is 0 Å². The highest BCUT2D eigenvalue weighted by molar-refractivity contribution is 6.18. The number of furan rings is 2. The van der Waals surface area contributed by atoms with E-state index in [4.69, 9.17) is 23.8 Å². The Kier molecular flexibility index (Phi) is 7.42. The van der Waals surface area contributed by atoms with Crippen LogP contribution in [0.15, 0.2) is 197 Å². The molecule has 0 aliphatic carbocycles. The van der Waals surface area contributed by atoms with Gasteiger partial charge in [-0.3, -0.25) is 0 Å². The highest BCUT2D eigenvalue weighted by Gasteiger charge is 2.22. The Morgan fingerprint density at radius 2 is 0.804 bits per heavy atom. The molecule has 262 valence electrons. The first-order chi connectivity index (χ1) is 27.7. The van der Waals surface area contributed by atoms with E-state index < -0.39 is 0 Å². The minimum Gasteiger partial charge on any atom is -0.455 e. The van der Waals surface area contributed by atoms with Crippen molar-refractivity contribution in [1.82, 2.24) is 15.0 Å². The van der Waals surface area contributed by atoms with Crippen LogP contribution < -0.4 is 0 Å². The average molecular weight is 718 g/mol. The quantitative estimate of drug-likeness (QED) is 0.171. The van der Waals surface area contributed by atoms with Crippen LogP contribution >= 0.6 is 0 Å². The van der Waals surface area contributed by atoms with E-state index in [9.17, 15) is 0 Å². The molecule has 56 heavy (non-hydrogen) atoms. The van der Waals surface area contributed by atoms with Gasteiger partial charge >= 0.3 is 0 Å². The van der Waals surface area contributed by atoms with Crippen molar-refractivity contribution in [3.05, 3.63) is 188 Å². The maximum absolute atomic E-state index is 6.85. The number of rotatable bonds is 6. The van der Waals surface area contributed by atoms with Crippen molar-refractivity contribution in [3.8, 4) is 67.5 Å². The van der Waals surface area contributed by atoms with Gasteiger partial charge in [0, 0.05) is 49.4 Å². The summed E-state index contributed by atoms with van der Waals surface area (Å²) < 4.78 is 13.5.